The largest absolute Gasteiger partial charge is 0.467 e. The number of hydrogen-bond donors (Lipinski definition) is 3. The Bertz CT molecular complexity index is 687. The molecule has 0 fully saturated rings. The van der Waals surface area contributed by atoms with Crippen LogP contribution in [0, 0.1) is 0 Å². The highest BCUT2D eigenvalue weighted by Crippen LogP contribution is 2.17. The number of nitrogens with one attached hydrogen (secondary N) is 3. The summed E-state index contributed by atoms with van der Waals surface area (Å²) < 4.78 is 4.73. The number of rotatable bonds is 8. The summed E-state index contributed by atoms with van der Waals surface area (Å²) in [6.07, 6.45) is 5.17. The molecular formula is C17H23N3O3S. The molecule has 1 atom stereocenters. The lowest BCUT2D eigenvalue weighted by Crippen LogP contribution is -2.47. The molecule has 2 rings (SSSR count). The van der Waals surface area contributed by atoms with E-state index < -0.39 is 12.0 Å². The summed E-state index contributed by atoms with van der Waals surface area (Å²) in [6.45, 7) is 0.490. The van der Waals surface area contributed by atoms with Gasteiger partial charge in [0.25, 0.3) is 0 Å². The highest BCUT2D eigenvalue weighted by molar-refractivity contribution is 7.98. The lowest BCUT2D eigenvalue weighted by atomic mass is 10.1. The first-order valence-corrected chi connectivity index (χ1v) is 9.21. The van der Waals surface area contributed by atoms with Gasteiger partial charge in [-0.15, -0.1) is 0 Å². The van der Waals surface area contributed by atoms with Crippen molar-refractivity contribution in [1.29, 1.82) is 0 Å². The van der Waals surface area contributed by atoms with Crippen LogP contribution in [-0.4, -0.2) is 48.7 Å². The van der Waals surface area contributed by atoms with Crippen LogP contribution >= 0.6 is 11.8 Å². The van der Waals surface area contributed by atoms with Gasteiger partial charge in [0.15, 0.2) is 0 Å². The second-order valence-electron chi connectivity index (χ2n) is 5.37. The summed E-state index contributed by atoms with van der Waals surface area (Å²) in [5, 5.41) is 6.63. The lowest BCUT2D eigenvalue weighted by molar-refractivity contribution is -0.142. The van der Waals surface area contributed by atoms with E-state index in [0.29, 0.717) is 19.4 Å². The van der Waals surface area contributed by atoms with Gasteiger partial charge in [-0.25, -0.2) is 9.59 Å². The molecule has 2 aromatic rings. The molecule has 1 aromatic heterocycles. The van der Waals surface area contributed by atoms with Crippen molar-refractivity contribution in [3.05, 3.63) is 36.0 Å². The molecular weight excluding hydrogens is 326 g/mol. The fourth-order valence-electron chi connectivity index (χ4n) is 2.49. The monoisotopic (exact) mass is 349 g/mol. The van der Waals surface area contributed by atoms with Gasteiger partial charge in [0, 0.05) is 23.6 Å². The molecule has 0 spiro atoms. The third-order valence-corrected chi connectivity index (χ3v) is 4.40. The van der Waals surface area contributed by atoms with Crippen molar-refractivity contribution in [2.45, 2.75) is 18.9 Å². The van der Waals surface area contributed by atoms with E-state index in [4.69, 9.17) is 4.74 Å². The highest BCUT2D eigenvalue weighted by Gasteiger charge is 2.20. The molecule has 1 heterocycles. The van der Waals surface area contributed by atoms with E-state index >= 15 is 0 Å². The second-order valence-corrected chi connectivity index (χ2v) is 6.35. The number of thioether (sulfide) groups is 1. The van der Waals surface area contributed by atoms with E-state index in [9.17, 15) is 9.59 Å². The summed E-state index contributed by atoms with van der Waals surface area (Å²) in [5.74, 6) is 0.353. The number of fused-ring (bicyclic) bond motifs is 1. The number of aromatic amines is 1. The third-order valence-electron chi connectivity index (χ3n) is 3.76. The zero-order valence-corrected chi connectivity index (χ0v) is 14.7. The lowest BCUT2D eigenvalue weighted by Gasteiger charge is -2.16. The summed E-state index contributed by atoms with van der Waals surface area (Å²) in [4.78, 5) is 26.9. The number of para-hydroxylation sites is 1. The van der Waals surface area contributed by atoms with E-state index in [-0.39, 0.29) is 6.03 Å². The topological polar surface area (TPSA) is 83.2 Å². The van der Waals surface area contributed by atoms with Crippen molar-refractivity contribution in [3.63, 3.8) is 0 Å². The molecule has 0 aliphatic carbocycles. The van der Waals surface area contributed by atoms with Crippen LogP contribution in [0.2, 0.25) is 0 Å². The molecule has 3 N–H and O–H groups in total. The molecule has 0 radical (unpaired) electrons. The average molecular weight is 349 g/mol. The normalized spacial score (nSPS) is 11.9. The van der Waals surface area contributed by atoms with Crippen molar-refractivity contribution in [2.24, 2.45) is 0 Å². The van der Waals surface area contributed by atoms with Crippen LogP contribution in [0.4, 0.5) is 4.79 Å². The van der Waals surface area contributed by atoms with Crippen LogP contribution in [-0.2, 0) is 16.0 Å². The van der Waals surface area contributed by atoms with Gasteiger partial charge in [-0.3, -0.25) is 0 Å². The van der Waals surface area contributed by atoms with E-state index in [1.807, 2.05) is 30.7 Å². The van der Waals surface area contributed by atoms with Crippen molar-refractivity contribution >= 4 is 34.7 Å². The van der Waals surface area contributed by atoms with Crippen LogP contribution in [0.5, 0.6) is 0 Å². The third kappa shape index (κ3) is 4.92. The molecule has 130 valence electrons. The number of H-pyrrole nitrogens is 1. The van der Waals surface area contributed by atoms with Gasteiger partial charge >= 0.3 is 12.0 Å². The Morgan fingerprint density at radius 2 is 2.12 bits per heavy atom. The fourth-order valence-corrected chi connectivity index (χ4v) is 2.96. The first kappa shape index (κ1) is 18.2. The predicted molar refractivity (Wildman–Crippen MR) is 97.3 cm³/mol. The Morgan fingerprint density at radius 1 is 1.33 bits per heavy atom. The molecule has 0 aliphatic rings. The minimum Gasteiger partial charge on any atom is -0.467 e. The number of ether oxygens (including phenoxy) is 1. The Kier molecular flexibility index (Phi) is 6.99. The molecule has 0 bridgehead atoms. The van der Waals surface area contributed by atoms with Crippen LogP contribution in [0.1, 0.15) is 12.0 Å². The van der Waals surface area contributed by atoms with Crippen LogP contribution < -0.4 is 10.6 Å². The van der Waals surface area contributed by atoms with Crippen molar-refractivity contribution in [2.75, 3.05) is 25.7 Å². The standard InChI is InChI=1S/C17H23N3O3S/c1-23-16(21)15(8-10-24-2)20-17(22)18-9-7-12-11-19-14-6-4-3-5-13(12)14/h3-6,11,15,19H,7-10H2,1-2H3,(H2,18,20,22)/t15-/m0/s1. The van der Waals surface area contributed by atoms with E-state index in [2.05, 4.69) is 21.7 Å². The SMILES string of the molecule is COC(=O)[C@H](CCSC)NC(=O)NCCc1c[nH]c2ccccc12. The van der Waals surface area contributed by atoms with E-state index in [1.54, 1.807) is 11.8 Å². The van der Waals surface area contributed by atoms with Gasteiger partial charge in [0.2, 0.25) is 0 Å². The maximum absolute atomic E-state index is 12.0. The number of methoxy groups -OCH3 is 1. The Balaban J connectivity index is 1.82. The van der Waals surface area contributed by atoms with Gasteiger partial charge in [-0.05, 0) is 36.5 Å². The predicted octanol–water partition coefficient (Wildman–Crippen LogP) is 2.30. The number of amides is 2. The number of carbonyl (C=O) groups excluding carboxylic acids is 2. The first-order valence-electron chi connectivity index (χ1n) is 7.81. The molecule has 24 heavy (non-hydrogen) atoms. The number of benzene rings is 1. The first-order chi connectivity index (χ1) is 11.7. The molecule has 0 unspecified atom stereocenters. The van der Waals surface area contributed by atoms with E-state index in [1.165, 1.54) is 7.11 Å². The minimum atomic E-state index is -0.615. The van der Waals surface area contributed by atoms with Gasteiger partial charge in [0.1, 0.15) is 6.04 Å². The molecule has 0 saturated heterocycles. The van der Waals surface area contributed by atoms with Crippen molar-refractivity contribution < 1.29 is 14.3 Å². The van der Waals surface area contributed by atoms with E-state index in [0.717, 1.165) is 22.2 Å². The summed E-state index contributed by atoms with van der Waals surface area (Å²) >= 11 is 1.62. The zero-order chi connectivity index (χ0) is 17.4. The number of urea groups is 1. The maximum atomic E-state index is 12.0. The zero-order valence-electron chi connectivity index (χ0n) is 13.9. The molecule has 0 aliphatic heterocycles. The smallest absolute Gasteiger partial charge is 0.328 e. The second kappa shape index (κ2) is 9.22. The molecule has 2 amide bonds. The number of carbonyl (C=O) groups is 2. The van der Waals surface area contributed by atoms with Crippen LogP contribution in [0.25, 0.3) is 10.9 Å². The molecule has 0 saturated carbocycles. The van der Waals surface area contributed by atoms with Gasteiger partial charge in [-0.2, -0.15) is 11.8 Å². The summed E-state index contributed by atoms with van der Waals surface area (Å²) in [6, 6.07) is 7.08. The van der Waals surface area contributed by atoms with Crippen LogP contribution in [0.15, 0.2) is 30.5 Å². The van der Waals surface area contributed by atoms with Crippen molar-refractivity contribution in [3.8, 4) is 0 Å². The average Bonchev–Trinajstić information content (AvgIpc) is 3.01. The minimum absolute atomic E-state index is 0.355. The number of hydrogen-bond acceptors (Lipinski definition) is 4. The molecule has 6 nitrogen and oxygen atoms in total. The Labute approximate surface area is 145 Å². The Morgan fingerprint density at radius 3 is 2.88 bits per heavy atom. The van der Waals surface area contributed by atoms with Crippen LogP contribution in [0.3, 0.4) is 0 Å². The van der Waals surface area contributed by atoms with Gasteiger partial charge in [-0.1, -0.05) is 18.2 Å². The fraction of sp³-hybridized carbons (Fsp3) is 0.412. The quantitative estimate of drug-likeness (QED) is 0.639. The van der Waals surface area contributed by atoms with Gasteiger partial charge < -0.3 is 20.4 Å². The van der Waals surface area contributed by atoms with Gasteiger partial charge in [0.05, 0.1) is 7.11 Å². The number of esters is 1. The highest BCUT2D eigenvalue weighted by atomic mass is 32.2. The number of aromatic nitrogens is 1. The molecule has 7 heteroatoms. The molecule has 1 aromatic carbocycles. The Hall–Kier alpha value is -2.15. The summed E-state index contributed by atoms with van der Waals surface area (Å²) in [7, 11) is 1.32. The van der Waals surface area contributed by atoms with Crippen molar-refractivity contribution in [1.82, 2.24) is 15.6 Å². The summed E-state index contributed by atoms with van der Waals surface area (Å²) in [5.41, 5.74) is 2.23. The maximum Gasteiger partial charge on any atom is 0.328 e.